The zero-order chi connectivity index (χ0) is 18.5. The van der Waals surface area contributed by atoms with Gasteiger partial charge < -0.3 is 4.90 Å². The molecule has 5 rings (SSSR count). The Morgan fingerprint density at radius 1 is 1.04 bits per heavy atom. The highest BCUT2D eigenvalue weighted by molar-refractivity contribution is 6.30. The first kappa shape index (κ1) is 16.6. The number of benzene rings is 3. The van der Waals surface area contributed by atoms with Gasteiger partial charge in [-0.1, -0.05) is 66.2 Å². The summed E-state index contributed by atoms with van der Waals surface area (Å²) in [6, 6.07) is 20.8. The highest BCUT2D eigenvalue weighted by Gasteiger charge is 2.44. The number of nitrogens with zero attached hydrogens (tertiary/aromatic N) is 1. The molecule has 1 heterocycles. The topological polar surface area (TPSA) is 20.3 Å². The van der Waals surface area contributed by atoms with Crippen LogP contribution in [-0.2, 0) is 4.79 Å². The van der Waals surface area contributed by atoms with Crippen LogP contribution < -0.4 is 4.90 Å². The average molecular weight is 374 g/mol. The molecule has 2 nitrogen and oxygen atoms in total. The van der Waals surface area contributed by atoms with Crippen LogP contribution in [-0.4, -0.2) is 5.91 Å². The van der Waals surface area contributed by atoms with E-state index in [1.807, 2.05) is 23.1 Å². The number of hydrogen-bond donors (Lipinski definition) is 0. The van der Waals surface area contributed by atoms with Crippen LogP contribution in [0, 0.1) is 5.92 Å². The summed E-state index contributed by atoms with van der Waals surface area (Å²) >= 11 is 6.30. The van der Waals surface area contributed by atoms with E-state index in [0.717, 1.165) is 22.7 Å². The third kappa shape index (κ3) is 2.51. The van der Waals surface area contributed by atoms with Crippen molar-refractivity contribution in [1.82, 2.24) is 0 Å². The van der Waals surface area contributed by atoms with Crippen molar-refractivity contribution in [3.63, 3.8) is 0 Å². The van der Waals surface area contributed by atoms with Crippen LogP contribution in [0.1, 0.15) is 36.4 Å². The Labute approximate surface area is 164 Å². The van der Waals surface area contributed by atoms with Crippen molar-refractivity contribution in [1.29, 1.82) is 0 Å². The summed E-state index contributed by atoms with van der Waals surface area (Å²) in [4.78, 5) is 14.8. The minimum Gasteiger partial charge on any atom is -0.305 e. The average Bonchev–Trinajstić information content (AvgIpc) is 3.16. The second-order valence-electron chi connectivity index (χ2n) is 7.46. The van der Waals surface area contributed by atoms with Gasteiger partial charge in [0.1, 0.15) is 0 Å². The molecule has 0 fully saturated rings. The number of allylic oxidation sites excluding steroid dienone is 2. The molecule has 0 unspecified atom stereocenters. The summed E-state index contributed by atoms with van der Waals surface area (Å²) in [7, 11) is 0. The summed E-state index contributed by atoms with van der Waals surface area (Å²) in [5, 5.41) is 3.15. The molecule has 27 heavy (non-hydrogen) atoms. The van der Waals surface area contributed by atoms with Crippen LogP contribution in [0.25, 0.3) is 10.8 Å². The standard InChI is InChI=1S/C24H20ClNO/c1-15(27)26-23-13-12-17(25)14-22(23)19-9-5-11-21(19)24(26)20-10-4-7-16-6-2-3-8-18(16)20/h2-10,12-14,19,21,24H,11H2,1H3/t19-,21+,24-/m1/s1. The van der Waals surface area contributed by atoms with E-state index >= 15 is 0 Å². The molecule has 0 bridgehead atoms. The molecular weight excluding hydrogens is 354 g/mol. The second kappa shape index (κ2) is 6.24. The number of anilines is 1. The minimum atomic E-state index is 0.0160. The van der Waals surface area contributed by atoms with E-state index in [9.17, 15) is 4.79 Å². The van der Waals surface area contributed by atoms with Crippen molar-refractivity contribution < 1.29 is 4.79 Å². The number of amides is 1. The van der Waals surface area contributed by atoms with Gasteiger partial charge in [-0.3, -0.25) is 4.79 Å². The lowest BCUT2D eigenvalue weighted by molar-refractivity contribution is -0.117. The number of carbonyl (C=O) groups is 1. The SMILES string of the molecule is CC(=O)N1c2ccc(Cl)cc2[C@@H]2C=CC[C@@H]2[C@H]1c1cccc2ccccc12. The Morgan fingerprint density at radius 3 is 2.70 bits per heavy atom. The molecule has 0 spiro atoms. The van der Waals surface area contributed by atoms with Gasteiger partial charge >= 0.3 is 0 Å². The largest absolute Gasteiger partial charge is 0.305 e. The Bertz CT molecular complexity index is 1080. The van der Waals surface area contributed by atoms with E-state index in [-0.39, 0.29) is 11.9 Å². The summed E-state index contributed by atoms with van der Waals surface area (Å²) in [6.07, 6.45) is 5.51. The molecule has 3 atom stereocenters. The fourth-order valence-corrected chi connectivity index (χ4v) is 5.11. The van der Waals surface area contributed by atoms with E-state index in [2.05, 4.69) is 54.6 Å². The first-order valence-electron chi connectivity index (χ1n) is 9.39. The van der Waals surface area contributed by atoms with Gasteiger partial charge in [-0.2, -0.15) is 0 Å². The number of fused-ring (bicyclic) bond motifs is 4. The van der Waals surface area contributed by atoms with Crippen LogP contribution in [0.5, 0.6) is 0 Å². The van der Waals surface area contributed by atoms with Gasteiger partial charge in [-0.15, -0.1) is 0 Å². The number of carbonyl (C=O) groups excluding carboxylic acids is 1. The fraction of sp³-hybridized carbons (Fsp3) is 0.208. The zero-order valence-corrected chi connectivity index (χ0v) is 15.9. The first-order chi connectivity index (χ1) is 13.1. The number of halogens is 1. The monoisotopic (exact) mass is 373 g/mol. The quantitative estimate of drug-likeness (QED) is 0.461. The molecule has 0 aromatic heterocycles. The third-order valence-electron chi connectivity index (χ3n) is 5.99. The predicted molar refractivity (Wildman–Crippen MR) is 111 cm³/mol. The molecule has 3 aromatic rings. The molecule has 1 aliphatic heterocycles. The van der Waals surface area contributed by atoms with Crippen molar-refractivity contribution in [2.45, 2.75) is 25.3 Å². The number of rotatable bonds is 1. The van der Waals surface area contributed by atoms with Crippen LogP contribution in [0.15, 0.2) is 72.8 Å². The maximum absolute atomic E-state index is 12.8. The maximum atomic E-state index is 12.8. The Kier molecular flexibility index (Phi) is 3.84. The fourth-order valence-electron chi connectivity index (χ4n) is 4.93. The smallest absolute Gasteiger partial charge is 0.224 e. The lowest BCUT2D eigenvalue weighted by Crippen LogP contribution is -2.42. The Balaban J connectivity index is 1.78. The molecule has 1 amide bonds. The van der Waals surface area contributed by atoms with Crippen LogP contribution in [0.4, 0.5) is 5.69 Å². The lowest BCUT2D eigenvalue weighted by Gasteiger charge is -2.44. The van der Waals surface area contributed by atoms with Crippen molar-refractivity contribution in [3.8, 4) is 0 Å². The van der Waals surface area contributed by atoms with Crippen molar-refractivity contribution in [2.75, 3.05) is 4.90 Å². The van der Waals surface area contributed by atoms with E-state index in [0.29, 0.717) is 11.8 Å². The van der Waals surface area contributed by atoms with Gasteiger partial charge in [0.05, 0.1) is 6.04 Å². The summed E-state index contributed by atoms with van der Waals surface area (Å²) in [5.74, 6) is 0.686. The maximum Gasteiger partial charge on any atom is 0.224 e. The summed E-state index contributed by atoms with van der Waals surface area (Å²) in [6.45, 7) is 1.67. The zero-order valence-electron chi connectivity index (χ0n) is 15.1. The van der Waals surface area contributed by atoms with Crippen molar-refractivity contribution >= 4 is 34.0 Å². The van der Waals surface area contributed by atoms with Crippen LogP contribution in [0.3, 0.4) is 0 Å². The highest BCUT2D eigenvalue weighted by atomic mass is 35.5. The normalized spacial score (nSPS) is 23.3. The molecule has 0 N–H and O–H groups in total. The molecule has 0 saturated carbocycles. The molecule has 1 aliphatic carbocycles. The van der Waals surface area contributed by atoms with E-state index in [4.69, 9.17) is 11.6 Å². The number of hydrogen-bond acceptors (Lipinski definition) is 1. The molecule has 0 radical (unpaired) electrons. The van der Waals surface area contributed by atoms with Crippen molar-refractivity contribution in [2.24, 2.45) is 5.92 Å². The summed E-state index contributed by atoms with van der Waals surface area (Å²) in [5.41, 5.74) is 3.37. The highest BCUT2D eigenvalue weighted by Crippen LogP contribution is 2.54. The molecule has 134 valence electrons. The molecule has 2 aliphatic rings. The van der Waals surface area contributed by atoms with Crippen LogP contribution >= 0.6 is 11.6 Å². The van der Waals surface area contributed by atoms with Gasteiger partial charge in [-0.25, -0.2) is 0 Å². The van der Waals surface area contributed by atoms with Gasteiger partial charge in [0.25, 0.3) is 0 Å². The molecule has 3 aromatic carbocycles. The Morgan fingerprint density at radius 2 is 1.85 bits per heavy atom. The van der Waals surface area contributed by atoms with Crippen molar-refractivity contribution in [3.05, 3.63) is 89.0 Å². The van der Waals surface area contributed by atoms with E-state index < -0.39 is 0 Å². The second-order valence-corrected chi connectivity index (χ2v) is 7.90. The molecular formula is C24H20ClNO. The Hall–Kier alpha value is -2.58. The van der Waals surface area contributed by atoms with Crippen LogP contribution in [0.2, 0.25) is 5.02 Å². The van der Waals surface area contributed by atoms with Gasteiger partial charge in [0.15, 0.2) is 0 Å². The predicted octanol–water partition coefficient (Wildman–Crippen LogP) is 6.26. The molecule has 3 heteroatoms. The minimum absolute atomic E-state index is 0.0160. The third-order valence-corrected chi connectivity index (χ3v) is 6.22. The molecule has 0 saturated heterocycles. The first-order valence-corrected chi connectivity index (χ1v) is 9.76. The lowest BCUT2D eigenvalue weighted by atomic mass is 9.75. The van der Waals surface area contributed by atoms with E-state index in [1.165, 1.54) is 16.3 Å². The summed E-state index contributed by atoms with van der Waals surface area (Å²) < 4.78 is 0. The van der Waals surface area contributed by atoms with E-state index in [1.54, 1.807) is 6.92 Å². The van der Waals surface area contributed by atoms with Gasteiger partial charge in [0.2, 0.25) is 5.91 Å². The van der Waals surface area contributed by atoms with Gasteiger partial charge in [-0.05, 0) is 52.4 Å². The van der Waals surface area contributed by atoms with Gasteiger partial charge in [0, 0.05) is 23.6 Å².